The summed E-state index contributed by atoms with van der Waals surface area (Å²) < 4.78 is 5.36. The second kappa shape index (κ2) is 5.32. The van der Waals surface area contributed by atoms with Crippen molar-refractivity contribution in [3.05, 3.63) is 29.3 Å². The minimum Gasteiger partial charge on any atom is -0.496 e. The van der Waals surface area contributed by atoms with Crippen LogP contribution in [0.5, 0.6) is 5.75 Å². The van der Waals surface area contributed by atoms with Crippen LogP contribution >= 0.6 is 0 Å². The van der Waals surface area contributed by atoms with Gasteiger partial charge in [0, 0.05) is 12.6 Å². The van der Waals surface area contributed by atoms with Gasteiger partial charge in [-0.1, -0.05) is 12.1 Å². The molecule has 0 amide bonds. The molecule has 3 nitrogen and oxygen atoms in total. The summed E-state index contributed by atoms with van der Waals surface area (Å²) in [5, 5.41) is 12.2. The molecular weight excluding hydrogens is 202 g/mol. The lowest BCUT2D eigenvalue weighted by Gasteiger charge is -2.14. The van der Waals surface area contributed by atoms with E-state index in [1.807, 2.05) is 12.1 Å². The van der Waals surface area contributed by atoms with Crippen molar-refractivity contribution >= 4 is 0 Å². The van der Waals surface area contributed by atoms with Gasteiger partial charge in [0.15, 0.2) is 0 Å². The Morgan fingerprint density at radius 2 is 2.38 bits per heavy atom. The fraction of sp³-hybridized carbons (Fsp3) is 0.538. The molecule has 3 heteroatoms. The Morgan fingerprint density at radius 3 is 3.12 bits per heavy atom. The number of hydrogen-bond donors (Lipinski definition) is 2. The molecule has 16 heavy (non-hydrogen) atoms. The zero-order valence-electron chi connectivity index (χ0n) is 9.70. The van der Waals surface area contributed by atoms with Crippen molar-refractivity contribution in [2.75, 3.05) is 20.3 Å². The van der Waals surface area contributed by atoms with Crippen molar-refractivity contribution in [3.63, 3.8) is 0 Å². The average Bonchev–Trinajstić information content (AvgIpc) is 2.73. The van der Waals surface area contributed by atoms with Gasteiger partial charge in [-0.15, -0.1) is 0 Å². The van der Waals surface area contributed by atoms with E-state index in [1.54, 1.807) is 7.11 Å². The molecule has 88 valence electrons. The maximum Gasteiger partial charge on any atom is 0.122 e. The van der Waals surface area contributed by atoms with Crippen LogP contribution in [0.2, 0.25) is 0 Å². The summed E-state index contributed by atoms with van der Waals surface area (Å²) in [6.45, 7) is 1.13. The van der Waals surface area contributed by atoms with Crippen molar-refractivity contribution < 1.29 is 9.84 Å². The second-order valence-corrected chi connectivity index (χ2v) is 4.15. The highest BCUT2D eigenvalue weighted by Gasteiger charge is 2.24. The predicted octanol–water partition coefficient (Wildman–Crippen LogP) is 1.65. The molecule has 1 aromatic carbocycles. The molecule has 0 radical (unpaired) electrons. The Morgan fingerprint density at radius 1 is 1.50 bits per heavy atom. The largest absolute Gasteiger partial charge is 0.496 e. The molecule has 0 fully saturated rings. The molecule has 2 N–H and O–H groups in total. The number of benzene rings is 1. The molecule has 0 saturated carbocycles. The highest BCUT2D eigenvalue weighted by molar-refractivity contribution is 5.45. The first-order valence-electron chi connectivity index (χ1n) is 5.87. The van der Waals surface area contributed by atoms with E-state index >= 15 is 0 Å². The molecule has 0 aliphatic heterocycles. The van der Waals surface area contributed by atoms with Gasteiger partial charge in [0.25, 0.3) is 0 Å². The van der Waals surface area contributed by atoms with E-state index in [0.29, 0.717) is 6.04 Å². The van der Waals surface area contributed by atoms with Crippen LogP contribution in [-0.2, 0) is 6.42 Å². The minimum absolute atomic E-state index is 0.255. The molecule has 1 aliphatic carbocycles. The van der Waals surface area contributed by atoms with Gasteiger partial charge in [-0.25, -0.2) is 0 Å². The quantitative estimate of drug-likeness (QED) is 0.743. The van der Waals surface area contributed by atoms with Crippen molar-refractivity contribution in [2.45, 2.75) is 25.3 Å². The van der Waals surface area contributed by atoms with Crippen LogP contribution in [0, 0.1) is 0 Å². The Bertz CT molecular complexity index is 352. The summed E-state index contributed by atoms with van der Waals surface area (Å²) in [6, 6.07) is 6.66. The predicted molar refractivity (Wildman–Crippen MR) is 63.8 cm³/mol. The SMILES string of the molecule is COc1cccc2c1CCC2NCCCO. The maximum atomic E-state index is 8.76. The van der Waals surface area contributed by atoms with E-state index in [4.69, 9.17) is 9.84 Å². The van der Waals surface area contributed by atoms with Crippen LogP contribution < -0.4 is 10.1 Å². The molecule has 0 spiro atoms. The van der Waals surface area contributed by atoms with Gasteiger partial charge in [-0.2, -0.15) is 0 Å². The van der Waals surface area contributed by atoms with Gasteiger partial charge in [0.05, 0.1) is 7.11 Å². The zero-order valence-corrected chi connectivity index (χ0v) is 9.70. The standard InChI is InChI=1S/C13H19NO2/c1-16-13-5-2-4-10-11(13)6-7-12(10)14-8-3-9-15/h2,4-5,12,14-15H,3,6-9H2,1H3. The number of fused-ring (bicyclic) bond motifs is 1. The first-order chi connectivity index (χ1) is 7.86. The fourth-order valence-electron chi connectivity index (χ4n) is 2.38. The van der Waals surface area contributed by atoms with E-state index in [2.05, 4.69) is 11.4 Å². The van der Waals surface area contributed by atoms with Gasteiger partial charge in [0.2, 0.25) is 0 Å². The number of nitrogens with one attached hydrogen (secondary N) is 1. The molecule has 1 unspecified atom stereocenters. The Hall–Kier alpha value is -1.06. The van der Waals surface area contributed by atoms with Gasteiger partial charge >= 0.3 is 0 Å². The molecule has 0 saturated heterocycles. The summed E-state index contributed by atoms with van der Waals surface area (Å²) in [6.07, 6.45) is 3.02. The number of rotatable bonds is 5. The molecule has 1 atom stereocenters. The number of ether oxygens (including phenoxy) is 1. The van der Waals surface area contributed by atoms with E-state index in [1.165, 1.54) is 11.1 Å². The molecule has 1 aliphatic rings. The highest BCUT2D eigenvalue weighted by atomic mass is 16.5. The van der Waals surface area contributed by atoms with E-state index in [0.717, 1.165) is 31.6 Å². The molecule has 0 heterocycles. The molecular formula is C13H19NO2. The first-order valence-corrected chi connectivity index (χ1v) is 5.87. The Kier molecular flexibility index (Phi) is 3.80. The smallest absolute Gasteiger partial charge is 0.122 e. The van der Waals surface area contributed by atoms with Crippen LogP contribution in [0.25, 0.3) is 0 Å². The van der Waals surface area contributed by atoms with E-state index in [9.17, 15) is 0 Å². The third kappa shape index (κ3) is 2.20. The minimum atomic E-state index is 0.255. The summed E-state index contributed by atoms with van der Waals surface area (Å²) in [5.41, 5.74) is 2.70. The summed E-state index contributed by atoms with van der Waals surface area (Å²) in [4.78, 5) is 0. The monoisotopic (exact) mass is 221 g/mol. The van der Waals surface area contributed by atoms with Crippen molar-refractivity contribution in [1.82, 2.24) is 5.32 Å². The molecule has 2 rings (SSSR count). The Balaban J connectivity index is 2.08. The van der Waals surface area contributed by atoms with E-state index in [-0.39, 0.29) is 6.61 Å². The van der Waals surface area contributed by atoms with Crippen LogP contribution in [0.3, 0.4) is 0 Å². The van der Waals surface area contributed by atoms with Gasteiger partial charge in [-0.3, -0.25) is 0 Å². The Labute approximate surface area is 96.4 Å². The van der Waals surface area contributed by atoms with E-state index < -0.39 is 0 Å². The van der Waals surface area contributed by atoms with Gasteiger partial charge < -0.3 is 15.2 Å². The van der Waals surface area contributed by atoms with Gasteiger partial charge in [-0.05, 0) is 43.0 Å². The molecule has 1 aromatic rings. The number of aliphatic hydroxyl groups is 1. The summed E-state index contributed by atoms with van der Waals surface area (Å²) >= 11 is 0. The van der Waals surface area contributed by atoms with Crippen molar-refractivity contribution in [2.24, 2.45) is 0 Å². The number of methoxy groups -OCH3 is 1. The third-order valence-corrected chi connectivity index (χ3v) is 3.17. The average molecular weight is 221 g/mol. The number of aliphatic hydroxyl groups excluding tert-OH is 1. The maximum absolute atomic E-state index is 8.76. The van der Waals surface area contributed by atoms with Crippen LogP contribution in [0.15, 0.2) is 18.2 Å². The normalized spacial score (nSPS) is 18.5. The van der Waals surface area contributed by atoms with Gasteiger partial charge in [0.1, 0.15) is 5.75 Å². The van der Waals surface area contributed by atoms with Crippen LogP contribution in [0.1, 0.15) is 30.0 Å². The third-order valence-electron chi connectivity index (χ3n) is 3.17. The topological polar surface area (TPSA) is 41.5 Å². The van der Waals surface area contributed by atoms with Crippen LogP contribution in [-0.4, -0.2) is 25.4 Å². The van der Waals surface area contributed by atoms with Crippen molar-refractivity contribution in [3.8, 4) is 5.75 Å². The lowest BCUT2D eigenvalue weighted by molar-refractivity contribution is 0.283. The lowest BCUT2D eigenvalue weighted by atomic mass is 10.1. The summed E-state index contributed by atoms with van der Waals surface area (Å²) in [7, 11) is 1.72. The van der Waals surface area contributed by atoms with Crippen molar-refractivity contribution in [1.29, 1.82) is 0 Å². The molecule has 0 bridgehead atoms. The lowest BCUT2D eigenvalue weighted by Crippen LogP contribution is -2.21. The second-order valence-electron chi connectivity index (χ2n) is 4.15. The fourth-order valence-corrected chi connectivity index (χ4v) is 2.38. The molecule has 0 aromatic heterocycles. The number of hydrogen-bond acceptors (Lipinski definition) is 3. The summed E-state index contributed by atoms with van der Waals surface area (Å²) in [5.74, 6) is 1.00. The van der Waals surface area contributed by atoms with Crippen LogP contribution in [0.4, 0.5) is 0 Å². The zero-order chi connectivity index (χ0) is 11.4. The highest BCUT2D eigenvalue weighted by Crippen LogP contribution is 2.36. The first kappa shape index (κ1) is 11.4.